The smallest absolute Gasteiger partial charge is 0.216 e. The minimum Gasteiger partial charge on any atom is -0.490 e. The highest BCUT2D eigenvalue weighted by Gasteiger charge is 2.24. The molecule has 1 unspecified atom stereocenters. The van der Waals surface area contributed by atoms with Crippen LogP contribution in [0.1, 0.15) is 44.9 Å². The van der Waals surface area contributed by atoms with Gasteiger partial charge >= 0.3 is 0 Å². The zero-order valence-corrected chi connectivity index (χ0v) is 17.6. The van der Waals surface area contributed by atoms with Crippen LogP contribution in [0.5, 0.6) is 11.5 Å². The Morgan fingerprint density at radius 1 is 1.00 bits per heavy atom. The third-order valence-corrected chi connectivity index (χ3v) is 5.47. The lowest BCUT2D eigenvalue weighted by atomic mass is 9.97. The number of sulfonamides is 1. The van der Waals surface area contributed by atoms with Crippen LogP contribution in [0.4, 0.5) is 4.39 Å². The fourth-order valence-corrected chi connectivity index (χ4v) is 4.43. The van der Waals surface area contributed by atoms with E-state index >= 15 is 0 Å². The molecule has 2 rings (SSSR count). The summed E-state index contributed by atoms with van der Waals surface area (Å²) in [4.78, 5) is 0. The fraction of sp³-hybridized carbons (Fsp3) is 0.429. The molecule has 1 N–H and O–H groups in total. The van der Waals surface area contributed by atoms with Crippen LogP contribution in [-0.2, 0) is 15.8 Å². The maximum atomic E-state index is 13.4. The summed E-state index contributed by atoms with van der Waals surface area (Å²) in [5.74, 6) is 0.453. The van der Waals surface area contributed by atoms with Crippen molar-refractivity contribution >= 4 is 10.0 Å². The number of rotatable bonds is 10. The second-order valence-electron chi connectivity index (χ2n) is 6.80. The van der Waals surface area contributed by atoms with Crippen molar-refractivity contribution in [3.05, 3.63) is 59.4 Å². The van der Waals surface area contributed by atoms with Crippen LogP contribution in [0.25, 0.3) is 0 Å². The highest BCUT2D eigenvalue weighted by molar-refractivity contribution is 7.88. The third kappa shape index (κ3) is 6.21. The van der Waals surface area contributed by atoms with Crippen LogP contribution in [0.15, 0.2) is 42.5 Å². The molecule has 5 nitrogen and oxygen atoms in total. The summed E-state index contributed by atoms with van der Waals surface area (Å²) in [7, 11) is -3.68. The van der Waals surface area contributed by atoms with Gasteiger partial charge in [0.2, 0.25) is 10.0 Å². The normalized spacial score (nSPS) is 12.8. The van der Waals surface area contributed by atoms with Crippen LogP contribution in [0.3, 0.4) is 0 Å². The molecule has 0 radical (unpaired) electrons. The van der Waals surface area contributed by atoms with Gasteiger partial charge in [0, 0.05) is 6.04 Å². The lowest BCUT2D eigenvalue weighted by Crippen LogP contribution is -2.32. The molecule has 1 atom stereocenters. The van der Waals surface area contributed by atoms with Gasteiger partial charge in [-0.15, -0.1) is 0 Å². The molecular formula is C21H28FNO4S. The Morgan fingerprint density at radius 3 is 2.29 bits per heavy atom. The van der Waals surface area contributed by atoms with Gasteiger partial charge in [-0.3, -0.25) is 0 Å². The molecular weight excluding hydrogens is 381 g/mol. The Labute approximate surface area is 166 Å². The van der Waals surface area contributed by atoms with E-state index in [4.69, 9.17) is 9.47 Å². The summed E-state index contributed by atoms with van der Waals surface area (Å²) in [6.07, 6.45) is 0. The molecule has 0 fully saturated rings. The number of ether oxygens (including phenoxy) is 2. The zero-order chi connectivity index (χ0) is 20.7. The summed E-state index contributed by atoms with van der Waals surface area (Å²) in [5, 5.41) is 0. The van der Waals surface area contributed by atoms with Gasteiger partial charge < -0.3 is 9.47 Å². The van der Waals surface area contributed by atoms with E-state index in [9.17, 15) is 12.8 Å². The van der Waals surface area contributed by atoms with Crippen molar-refractivity contribution in [2.45, 2.75) is 39.5 Å². The fourth-order valence-electron chi connectivity index (χ4n) is 2.93. The summed E-state index contributed by atoms with van der Waals surface area (Å²) in [5.41, 5.74) is 1.18. The summed E-state index contributed by atoms with van der Waals surface area (Å²) >= 11 is 0. The van der Waals surface area contributed by atoms with Crippen molar-refractivity contribution in [2.24, 2.45) is 5.92 Å². The Balaban J connectivity index is 2.28. The van der Waals surface area contributed by atoms with Crippen LogP contribution < -0.4 is 14.2 Å². The van der Waals surface area contributed by atoms with E-state index < -0.39 is 21.9 Å². The van der Waals surface area contributed by atoms with Crippen molar-refractivity contribution in [1.29, 1.82) is 0 Å². The van der Waals surface area contributed by atoms with Crippen molar-refractivity contribution in [3.8, 4) is 11.5 Å². The highest BCUT2D eigenvalue weighted by atomic mass is 32.2. The van der Waals surface area contributed by atoms with Crippen molar-refractivity contribution in [2.75, 3.05) is 13.2 Å². The largest absolute Gasteiger partial charge is 0.490 e. The highest BCUT2D eigenvalue weighted by Crippen LogP contribution is 2.33. The lowest BCUT2D eigenvalue weighted by molar-refractivity contribution is 0.287. The van der Waals surface area contributed by atoms with Crippen molar-refractivity contribution in [3.63, 3.8) is 0 Å². The van der Waals surface area contributed by atoms with Crippen LogP contribution in [-0.4, -0.2) is 21.6 Å². The first kappa shape index (κ1) is 22.2. The maximum absolute atomic E-state index is 13.4. The summed E-state index contributed by atoms with van der Waals surface area (Å²) in [6.45, 7) is 8.62. The molecule has 2 aromatic rings. The summed E-state index contributed by atoms with van der Waals surface area (Å²) < 4.78 is 52.7. The molecule has 7 heteroatoms. The molecule has 2 aromatic carbocycles. The van der Waals surface area contributed by atoms with E-state index in [1.807, 2.05) is 39.8 Å². The number of hydrogen-bond donors (Lipinski definition) is 1. The van der Waals surface area contributed by atoms with Crippen molar-refractivity contribution < 1.29 is 22.3 Å². The molecule has 28 heavy (non-hydrogen) atoms. The Hall–Kier alpha value is -2.12. The van der Waals surface area contributed by atoms with Gasteiger partial charge in [0.25, 0.3) is 0 Å². The first-order valence-electron chi connectivity index (χ1n) is 9.39. The van der Waals surface area contributed by atoms with Crippen molar-refractivity contribution in [1.82, 2.24) is 4.72 Å². The molecule has 0 aliphatic heterocycles. The van der Waals surface area contributed by atoms with Gasteiger partial charge in [0.15, 0.2) is 11.5 Å². The molecule has 0 amide bonds. The van der Waals surface area contributed by atoms with Crippen LogP contribution in [0.2, 0.25) is 0 Å². The van der Waals surface area contributed by atoms with E-state index in [0.717, 1.165) is 5.56 Å². The van der Waals surface area contributed by atoms with E-state index in [1.165, 1.54) is 18.2 Å². The molecule has 0 aromatic heterocycles. The predicted octanol–water partition coefficient (Wildman–Crippen LogP) is 4.44. The molecule has 0 spiro atoms. The Morgan fingerprint density at radius 2 is 1.68 bits per heavy atom. The summed E-state index contributed by atoms with van der Waals surface area (Å²) in [6, 6.07) is 10.6. The molecule has 154 valence electrons. The van der Waals surface area contributed by atoms with E-state index in [0.29, 0.717) is 30.3 Å². The SMILES string of the molecule is CCOc1ccc(C(NS(=O)(=O)Cc2cccc(F)c2)C(C)C)cc1OCC. The predicted molar refractivity (Wildman–Crippen MR) is 109 cm³/mol. The average Bonchev–Trinajstić information content (AvgIpc) is 2.61. The standard InChI is InChI=1S/C21H28FNO4S/c1-5-26-19-11-10-17(13-20(19)27-6-2)21(15(3)4)23-28(24,25)14-16-8-7-9-18(22)12-16/h7-13,15,21,23H,5-6,14H2,1-4H3. The van der Waals surface area contributed by atoms with E-state index in [2.05, 4.69) is 4.72 Å². The lowest BCUT2D eigenvalue weighted by Gasteiger charge is -2.24. The molecule has 0 saturated carbocycles. The van der Waals surface area contributed by atoms with Gasteiger partial charge in [-0.25, -0.2) is 17.5 Å². The first-order chi connectivity index (χ1) is 13.3. The van der Waals surface area contributed by atoms with Gasteiger partial charge in [-0.05, 0) is 55.2 Å². The van der Waals surface area contributed by atoms with Gasteiger partial charge in [0.1, 0.15) is 5.82 Å². The van der Waals surface area contributed by atoms with Crippen LogP contribution >= 0.6 is 0 Å². The quantitative estimate of drug-likeness (QED) is 0.630. The Bertz CT molecular complexity index is 884. The average molecular weight is 410 g/mol. The first-order valence-corrected chi connectivity index (χ1v) is 11.0. The number of benzene rings is 2. The third-order valence-electron chi connectivity index (χ3n) is 4.15. The number of hydrogen-bond acceptors (Lipinski definition) is 4. The molecule has 0 heterocycles. The van der Waals surface area contributed by atoms with Gasteiger partial charge in [-0.1, -0.05) is 32.0 Å². The molecule has 0 bridgehead atoms. The van der Waals surface area contributed by atoms with Crippen LogP contribution in [0, 0.1) is 11.7 Å². The molecule has 0 aliphatic carbocycles. The topological polar surface area (TPSA) is 64.6 Å². The monoisotopic (exact) mass is 409 g/mol. The van der Waals surface area contributed by atoms with E-state index in [1.54, 1.807) is 12.1 Å². The second-order valence-corrected chi connectivity index (χ2v) is 8.55. The molecule has 0 aliphatic rings. The zero-order valence-electron chi connectivity index (χ0n) is 16.7. The Kier molecular flexibility index (Phi) is 7.83. The van der Waals surface area contributed by atoms with Gasteiger partial charge in [-0.2, -0.15) is 0 Å². The van der Waals surface area contributed by atoms with Gasteiger partial charge in [0.05, 0.1) is 19.0 Å². The number of halogens is 1. The maximum Gasteiger partial charge on any atom is 0.216 e. The number of nitrogens with one attached hydrogen (secondary N) is 1. The van der Waals surface area contributed by atoms with E-state index in [-0.39, 0.29) is 11.7 Å². The second kappa shape index (κ2) is 9.89. The minimum absolute atomic E-state index is 0.00490. The minimum atomic E-state index is -3.68. The molecule has 0 saturated heterocycles.